The quantitative estimate of drug-likeness (QED) is 0.702. The normalized spacial score (nSPS) is 22.5. The molecule has 0 spiro atoms. The Bertz CT molecular complexity index is 807. The van der Waals surface area contributed by atoms with Gasteiger partial charge in [-0.15, -0.1) is 0 Å². The van der Waals surface area contributed by atoms with Crippen LogP contribution in [0.5, 0.6) is 0 Å². The van der Waals surface area contributed by atoms with E-state index >= 15 is 0 Å². The maximum Gasteiger partial charge on any atom is 0.415 e. The molecule has 2 aromatic rings. The molecule has 0 bridgehead atoms. The second-order valence-electron chi connectivity index (χ2n) is 7.52. The van der Waals surface area contributed by atoms with Crippen LogP contribution in [0, 0.1) is 6.92 Å². The van der Waals surface area contributed by atoms with Crippen molar-refractivity contribution < 1.29 is 17.7 Å². The van der Waals surface area contributed by atoms with Crippen LogP contribution in [-0.2, 0) is 5.54 Å². The average molecular weight is 392 g/mol. The molecule has 0 aromatic heterocycles. The average Bonchev–Trinajstić information content (AvgIpc) is 2.69. The van der Waals surface area contributed by atoms with Gasteiger partial charge in [0, 0.05) is 11.3 Å². The molecule has 3 nitrogen and oxygen atoms in total. The second kappa shape index (κ2) is 7.41. The van der Waals surface area contributed by atoms with E-state index in [1.54, 1.807) is 42.5 Å². The van der Waals surface area contributed by atoms with Gasteiger partial charge in [0.1, 0.15) is 0 Å². The van der Waals surface area contributed by atoms with Gasteiger partial charge in [-0.3, -0.25) is 4.48 Å². The molecule has 0 radical (unpaired) electrons. The van der Waals surface area contributed by atoms with Crippen molar-refractivity contribution in [3.05, 3.63) is 65.2 Å². The first kappa shape index (κ1) is 20.7. The van der Waals surface area contributed by atoms with E-state index in [1.165, 1.54) is 0 Å². The Morgan fingerprint density at radius 2 is 1.57 bits per heavy atom. The molecule has 3 rings (SSSR count). The first-order valence-electron chi connectivity index (χ1n) is 9.87. The summed E-state index contributed by atoms with van der Waals surface area (Å²) in [6, 6.07) is 13.5. The van der Waals surface area contributed by atoms with Crippen molar-refractivity contribution in [1.29, 1.82) is 0 Å². The van der Waals surface area contributed by atoms with Crippen LogP contribution in [0.1, 0.15) is 37.5 Å². The number of anilines is 1. The van der Waals surface area contributed by atoms with Crippen LogP contribution < -0.4 is 10.6 Å². The van der Waals surface area contributed by atoms with Gasteiger partial charge >= 0.3 is 6.18 Å². The topological polar surface area (TPSA) is 24.1 Å². The van der Waals surface area contributed by atoms with Crippen LogP contribution in [0.3, 0.4) is 0 Å². The molecule has 0 saturated heterocycles. The number of alkyl halides is 3. The standard InChI is InChI=1S/C22H29F3N3/c1-5-28(6-2,7-3)20-26-19-14-13-16(4)15-18(19)21(27-20,22(23,24)25)17-11-9-8-10-12-17/h8-15,20,26-27H,5-7H2,1-4H3/q+1/t20-,21+/m0/s1. The largest absolute Gasteiger partial charge is 0.415 e. The molecule has 1 aliphatic rings. The number of nitrogens with zero attached hydrogens (tertiary/aromatic N) is 1. The van der Waals surface area contributed by atoms with Crippen LogP contribution in [0.2, 0.25) is 0 Å². The molecular weight excluding hydrogens is 363 g/mol. The molecule has 1 aliphatic heterocycles. The molecule has 28 heavy (non-hydrogen) atoms. The Kier molecular flexibility index (Phi) is 5.47. The van der Waals surface area contributed by atoms with Crippen molar-refractivity contribution in [1.82, 2.24) is 5.32 Å². The van der Waals surface area contributed by atoms with Crippen LogP contribution in [-0.4, -0.2) is 36.6 Å². The lowest BCUT2D eigenvalue weighted by Crippen LogP contribution is -2.73. The fraction of sp³-hybridized carbons (Fsp3) is 0.455. The van der Waals surface area contributed by atoms with Gasteiger partial charge in [0.2, 0.25) is 6.29 Å². The number of aryl methyl sites for hydroxylation is 1. The number of halogens is 3. The molecule has 2 N–H and O–H groups in total. The Morgan fingerprint density at radius 3 is 2.11 bits per heavy atom. The van der Waals surface area contributed by atoms with Gasteiger partial charge in [0.15, 0.2) is 5.54 Å². The minimum atomic E-state index is -4.51. The van der Waals surface area contributed by atoms with E-state index in [9.17, 15) is 13.2 Å². The van der Waals surface area contributed by atoms with Crippen molar-refractivity contribution >= 4 is 5.69 Å². The van der Waals surface area contributed by atoms with Gasteiger partial charge in [-0.2, -0.15) is 13.2 Å². The number of hydrogen-bond donors (Lipinski definition) is 2. The minimum absolute atomic E-state index is 0.210. The van der Waals surface area contributed by atoms with Crippen molar-refractivity contribution in [2.45, 2.75) is 45.7 Å². The summed E-state index contributed by atoms with van der Waals surface area (Å²) in [5, 5.41) is 6.41. The van der Waals surface area contributed by atoms with Gasteiger partial charge in [0.05, 0.1) is 19.6 Å². The van der Waals surface area contributed by atoms with E-state index in [-0.39, 0.29) is 11.1 Å². The molecule has 0 amide bonds. The number of hydrogen-bond acceptors (Lipinski definition) is 2. The SMILES string of the molecule is CC[N+](CC)(CC)[C@H]1Nc2ccc(C)cc2[C@](c2ccccc2)(C(F)(F)F)N1. The predicted molar refractivity (Wildman–Crippen MR) is 107 cm³/mol. The summed E-state index contributed by atoms with van der Waals surface area (Å²) in [4.78, 5) is 0. The fourth-order valence-corrected chi connectivity index (χ4v) is 4.38. The van der Waals surface area contributed by atoms with Crippen LogP contribution in [0.25, 0.3) is 0 Å². The van der Waals surface area contributed by atoms with Crippen molar-refractivity contribution in [3.8, 4) is 0 Å². The highest BCUT2D eigenvalue weighted by atomic mass is 19.4. The molecule has 0 saturated carbocycles. The van der Waals surface area contributed by atoms with Crippen LogP contribution in [0.4, 0.5) is 18.9 Å². The zero-order valence-corrected chi connectivity index (χ0v) is 16.9. The van der Waals surface area contributed by atoms with Crippen LogP contribution >= 0.6 is 0 Å². The summed E-state index contributed by atoms with van der Waals surface area (Å²) in [7, 11) is 0. The van der Waals surface area contributed by atoms with E-state index in [0.717, 1.165) is 25.2 Å². The number of benzene rings is 2. The molecule has 0 fully saturated rings. The van der Waals surface area contributed by atoms with E-state index in [2.05, 4.69) is 10.6 Å². The Balaban J connectivity index is 2.32. The molecule has 2 atom stereocenters. The van der Waals surface area contributed by atoms with E-state index in [1.807, 2.05) is 33.8 Å². The molecule has 0 aliphatic carbocycles. The summed E-state index contributed by atoms with van der Waals surface area (Å²) in [6.45, 7) is 10.1. The fourth-order valence-electron chi connectivity index (χ4n) is 4.38. The molecule has 152 valence electrons. The maximum absolute atomic E-state index is 14.9. The second-order valence-corrected chi connectivity index (χ2v) is 7.52. The zero-order chi connectivity index (χ0) is 20.6. The number of rotatable bonds is 5. The van der Waals surface area contributed by atoms with Crippen molar-refractivity contribution in [2.24, 2.45) is 0 Å². The highest BCUT2D eigenvalue weighted by Crippen LogP contribution is 2.49. The minimum Gasteiger partial charge on any atom is -0.323 e. The molecule has 1 heterocycles. The number of quaternary nitrogens is 1. The highest BCUT2D eigenvalue weighted by Gasteiger charge is 2.62. The predicted octanol–water partition coefficient (Wildman–Crippen LogP) is 4.98. The van der Waals surface area contributed by atoms with Crippen LogP contribution in [0.15, 0.2) is 48.5 Å². The lowest BCUT2D eigenvalue weighted by Gasteiger charge is -2.52. The Morgan fingerprint density at radius 1 is 0.964 bits per heavy atom. The van der Waals surface area contributed by atoms with Crippen molar-refractivity contribution in [3.63, 3.8) is 0 Å². The number of nitrogens with one attached hydrogen (secondary N) is 2. The van der Waals surface area contributed by atoms with E-state index in [4.69, 9.17) is 0 Å². The molecule has 0 unspecified atom stereocenters. The highest BCUT2D eigenvalue weighted by molar-refractivity contribution is 5.62. The molecule has 2 aromatic carbocycles. The number of fused-ring (bicyclic) bond motifs is 1. The van der Waals surface area contributed by atoms with Gasteiger partial charge in [0.25, 0.3) is 0 Å². The molecule has 6 heteroatoms. The third-order valence-electron chi connectivity index (χ3n) is 6.29. The first-order valence-corrected chi connectivity index (χ1v) is 9.87. The van der Waals surface area contributed by atoms with Gasteiger partial charge in [-0.05, 0) is 39.3 Å². The van der Waals surface area contributed by atoms with E-state index < -0.39 is 18.0 Å². The maximum atomic E-state index is 14.9. The third kappa shape index (κ3) is 3.08. The zero-order valence-electron chi connectivity index (χ0n) is 16.9. The Hall–Kier alpha value is -2.05. The summed E-state index contributed by atoms with van der Waals surface area (Å²) in [6.07, 6.45) is -5.07. The smallest absolute Gasteiger partial charge is 0.323 e. The van der Waals surface area contributed by atoms with E-state index in [0.29, 0.717) is 10.2 Å². The van der Waals surface area contributed by atoms with Gasteiger partial charge in [-0.25, -0.2) is 5.32 Å². The third-order valence-corrected chi connectivity index (χ3v) is 6.29. The molecular formula is C22H29F3N3+. The summed E-state index contributed by atoms with van der Waals surface area (Å²) < 4.78 is 45.1. The first-order chi connectivity index (χ1) is 13.2. The summed E-state index contributed by atoms with van der Waals surface area (Å²) in [5.74, 6) is 0. The van der Waals surface area contributed by atoms with Gasteiger partial charge < -0.3 is 5.32 Å². The summed E-state index contributed by atoms with van der Waals surface area (Å²) in [5.41, 5.74) is -0.499. The lowest BCUT2D eigenvalue weighted by molar-refractivity contribution is -0.947. The lowest BCUT2D eigenvalue weighted by atomic mass is 9.79. The van der Waals surface area contributed by atoms with Crippen molar-refractivity contribution in [2.75, 3.05) is 25.0 Å². The Labute approximate surface area is 165 Å². The monoisotopic (exact) mass is 392 g/mol. The van der Waals surface area contributed by atoms with Gasteiger partial charge in [-0.1, -0.05) is 48.0 Å². The summed E-state index contributed by atoms with van der Waals surface area (Å²) >= 11 is 0.